The summed E-state index contributed by atoms with van der Waals surface area (Å²) >= 11 is 0. The van der Waals surface area contributed by atoms with Crippen LogP contribution in [0.2, 0.25) is 0 Å². The van der Waals surface area contributed by atoms with E-state index in [9.17, 15) is 0 Å². The lowest BCUT2D eigenvalue weighted by molar-refractivity contribution is 0.313. The van der Waals surface area contributed by atoms with Crippen molar-refractivity contribution in [3.05, 3.63) is 35.9 Å². The zero-order valence-electron chi connectivity index (χ0n) is 11.0. The van der Waals surface area contributed by atoms with Crippen LogP contribution in [-0.2, 0) is 0 Å². The highest BCUT2D eigenvalue weighted by Gasteiger charge is 2.38. The molecule has 1 aromatic rings. The van der Waals surface area contributed by atoms with Gasteiger partial charge in [-0.1, -0.05) is 30.3 Å². The highest BCUT2D eigenvalue weighted by Crippen LogP contribution is 2.40. The van der Waals surface area contributed by atoms with Crippen molar-refractivity contribution in [2.24, 2.45) is 11.7 Å². The van der Waals surface area contributed by atoms with Crippen LogP contribution >= 0.6 is 0 Å². The Morgan fingerprint density at radius 2 is 1.78 bits per heavy atom. The maximum absolute atomic E-state index is 5.94. The lowest BCUT2D eigenvalue weighted by Gasteiger charge is -2.26. The van der Waals surface area contributed by atoms with Gasteiger partial charge < -0.3 is 11.1 Å². The molecule has 2 aliphatic rings. The summed E-state index contributed by atoms with van der Waals surface area (Å²) in [4.78, 5) is 0. The number of nitrogens with one attached hydrogen (secondary N) is 1. The van der Waals surface area contributed by atoms with Crippen molar-refractivity contribution in [1.82, 2.24) is 5.32 Å². The molecule has 2 heteroatoms. The fourth-order valence-electron chi connectivity index (χ4n) is 3.20. The van der Waals surface area contributed by atoms with E-state index in [2.05, 4.69) is 35.6 Å². The predicted octanol–water partition coefficient (Wildman–Crippen LogP) is 2.65. The summed E-state index contributed by atoms with van der Waals surface area (Å²) in [6.07, 6.45) is 6.39. The molecule has 0 bridgehead atoms. The minimum Gasteiger partial charge on any atom is -0.328 e. The normalized spacial score (nSPS) is 35.4. The SMILES string of the molecule is N[C@H]1CC[C@H](CNC2C[C@@H]2c2ccccc2)CC1. The molecule has 1 aromatic carbocycles. The Hall–Kier alpha value is -0.860. The molecular formula is C16H24N2. The Bertz CT molecular complexity index is 368. The Balaban J connectivity index is 1.41. The summed E-state index contributed by atoms with van der Waals surface area (Å²) in [5.74, 6) is 1.62. The number of benzene rings is 1. The first-order valence-corrected chi connectivity index (χ1v) is 7.37. The van der Waals surface area contributed by atoms with Gasteiger partial charge in [0, 0.05) is 18.0 Å². The second kappa shape index (κ2) is 5.41. The molecule has 2 fully saturated rings. The fraction of sp³-hybridized carbons (Fsp3) is 0.625. The van der Waals surface area contributed by atoms with Gasteiger partial charge in [-0.05, 0) is 50.1 Å². The molecule has 1 unspecified atom stereocenters. The summed E-state index contributed by atoms with van der Waals surface area (Å²) in [5.41, 5.74) is 7.44. The van der Waals surface area contributed by atoms with Crippen molar-refractivity contribution < 1.29 is 0 Å². The van der Waals surface area contributed by atoms with Crippen LogP contribution in [0.5, 0.6) is 0 Å². The van der Waals surface area contributed by atoms with E-state index in [0.717, 1.165) is 17.9 Å². The predicted molar refractivity (Wildman–Crippen MR) is 75.5 cm³/mol. The van der Waals surface area contributed by atoms with Gasteiger partial charge in [0.25, 0.3) is 0 Å². The van der Waals surface area contributed by atoms with Gasteiger partial charge in [-0.15, -0.1) is 0 Å². The molecular weight excluding hydrogens is 220 g/mol. The molecule has 0 saturated heterocycles. The van der Waals surface area contributed by atoms with Crippen molar-refractivity contribution in [3.63, 3.8) is 0 Å². The minimum atomic E-state index is 0.472. The molecule has 18 heavy (non-hydrogen) atoms. The Morgan fingerprint density at radius 3 is 2.50 bits per heavy atom. The van der Waals surface area contributed by atoms with Crippen molar-refractivity contribution in [2.75, 3.05) is 6.54 Å². The average Bonchev–Trinajstić information content (AvgIpc) is 3.19. The van der Waals surface area contributed by atoms with Crippen LogP contribution in [0.3, 0.4) is 0 Å². The summed E-state index contributed by atoms with van der Waals surface area (Å²) in [5, 5.41) is 3.75. The molecule has 0 amide bonds. The van der Waals surface area contributed by atoms with Gasteiger partial charge in [0.15, 0.2) is 0 Å². The number of nitrogens with two attached hydrogens (primary N) is 1. The van der Waals surface area contributed by atoms with Gasteiger partial charge in [0.1, 0.15) is 0 Å². The molecule has 2 nitrogen and oxygen atoms in total. The van der Waals surface area contributed by atoms with Crippen LogP contribution in [-0.4, -0.2) is 18.6 Å². The zero-order chi connectivity index (χ0) is 12.4. The maximum atomic E-state index is 5.94. The van der Waals surface area contributed by atoms with E-state index in [1.807, 2.05) is 0 Å². The molecule has 0 aliphatic heterocycles. The lowest BCUT2D eigenvalue weighted by Crippen LogP contribution is -2.32. The Kier molecular flexibility index (Phi) is 3.67. The maximum Gasteiger partial charge on any atom is 0.0143 e. The topological polar surface area (TPSA) is 38.0 Å². The van der Waals surface area contributed by atoms with Crippen molar-refractivity contribution in [2.45, 2.75) is 50.1 Å². The Labute approximate surface area is 110 Å². The first-order valence-electron chi connectivity index (χ1n) is 7.37. The Morgan fingerprint density at radius 1 is 1.06 bits per heavy atom. The van der Waals surface area contributed by atoms with E-state index in [4.69, 9.17) is 5.73 Å². The molecule has 98 valence electrons. The van der Waals surface area contributed by atoms with E-state index in [-0.39, 0.29) is 0 Å². The molecule has 0 radical (unpaired) electrons. The van der Waals surface area contributed by atoms with Crippen molar-refractivity contribution in [1.29, 1.82) is 0 Å². The van der Waals surface area contributed by atoms with Gasteiger partial charge in [0.05, 0.1) is 0 Å². The molecule has 0 aromatic heterocycles. The molecule has 3 rings (SSSR count). The van der Waals surface area contributed by atoms with Gasteiger partial charge >= 0.3 is 0 Å². The highest BCUT2D eigenvalue weighted by atomic mass is 15.0. The second-order valence-corrected chi connectivity index (χ2v) is 6.05. The van der Waals surface area contributed by atoms with E-state index in [1.165, 1.54) is 44.2 Å². The van der Waals surface area contributed by atoms with E-state index < -0.39 is 0 Å². The van der Waals surface area contributed by atoms with Gasteiger partial charge in [-0.2, -0.15) is 0 Å². The van der Waals surface area contributed by atoms with E-state index in [1.54, 1.807) is 0 Å². The van der Waals surface area contributed by atoms with Crippen LogP contribution in [0, 0.1) is 5.92 Å². The minimum absolute atomic E-state index is 0.472. The molecule has 3 N–H and O–H groups in total. The monoisotopic (exact) mass is 244 g/mol. The van der Waals surface area contributed by atoms with Gasteiger partial charge in [-0.25, -0.2) is 0 Å². The molecule has 0 heterocycles. The standard InChI is InChI=1S/C16H24N2/c17-14-8-6-12(7-9-14)11-18-16-10-15(16)13-4-2-1-3-5-13/h1-5,12,14-16,18H,6-11,17H2/t12-,14-,15-,16?/m1/s1. The third kappa shape index (κ3) is 2.93. The summed E-state index contributed by atoms with van der Waals surface area (Å²) in [7, 11) is 0. The number of hydrogen-bond donors (Lipinski definition) is 2. The molecule has 2 atom stereocenters. The van der Waals surface area contributed by atoms with E-state index in [0.29, 0.717) is 6.04 Å². The van der Waals surface area contributed by atoms with Gasteiger partial charge in [0.2, 0.25) is 0 Å². The molecule has 2 aliphatic carbocycles. The molecule has 2 saturated carbocycles. The zero-order valence-corrected chi connectivity index (χ0v) is 11.0. The fourth-order valence-corrected chi connectivity index (χ4v) is 3.20. The van der Waals surface area contributed by atoms with Gasteiger partial charge in [-0.3, -0.25) is 0 Å². The highest BCUT2D eigenvalue weighted by molar-refractivity contribution is 5.27. The number of hydrogen-bond acceptors (Lipinski definition) is 2. The van der Waals surface area contributed by atoms with E-state index >= 15 is 0 Å². The third-order valence-electron chi connectivity index (χ3n) is 4.58. The number of rotatable bonds is 4. The third-order valence-corrected chi connectivity index (χ3v) is 4.58. The lowest BCUT2D eigenvalue weighted by atomic mass is 9.86. The largest absolute Gasteiger partial charge is 0.328 e. The summed E-state index contributed by atoms with van der Waals surface area (Å²) in [6.45, 7) is 1.20. The quantitative estimate of drug-likeness (QED) is 0.854. The summed E-state index contributed by atoms with van der Waals surface area (Å²) < 4.78 is 0. The first kappa shape index (κ1) is 12.2. The van der Waals surface area contributed by atoms with Crippen molar-refractivity contribution in [3.8, 4) is 0 Å². The summed E-state index contributed by atoms with van der Waals surface area (Å²) in [6, 6.07) is 12.1. The van der Waals surface area contributed by atoms with Crippen molar-refractivity contribution >= 4 is 0 Å². The van der Waals surface area contributed by atoms with Crippen LogP contribution < -0.4 is 11.1 Å². The smallest absolute Gasteiger partial charge is 0.0143 e. The first-order chi connectivity index (χ1) is 8.83. The van der Waals surface area contributed by atoms with Crippen LogP contribution in [0.1, 0.15) is 43.6 Å². The second-order valence-electron chi connectivity index (χ2n) is 6.05. The van der Waals surface area contributed by atoms with Crippen LogP contribution in [0.25, 0.3) is 0 Å². The van der Waals surface area contributed by atoms with Crippen LogP contribution in [0.4, 0.5) is 0 Å². The van der Waals surface area contributed by atoms with Crippen LogP contribution in [0.15, 0.2) is 30.3 Å². The molecule has 0 spiro atoms. The average molecular weight is 244 g/mol.